The molecule has 0 fully saturated rings. The summed E-state index contributed by atoms with van der Waals surface area (Å²) in [6, 6.07) is 10.0. The first-order valence-corrected chi connectivity index (χ1v) is 5.54. The highest BCUT2D eigenvalue weighted by atomic mass is 19.1. The van der Waals surface area contributed by atoms with Crippen LogP contribution in [0.25, 0.3) is 0 Å². The van der Waals surface area contributed by atoms with Crippen molar-refractivity contribution in [2.45, 2.75) is 0 Å². The number of amides is 1. The quantitative estimate of drug-likeness (QED) is 0.893. The molecule has 2 aromatic carbocycles. The predicted octanol–water partition coefficient (Wildman–Crippen LogP) is 2.79. The molecule has 2 rings (SSSR count). The third-order valence-corrected chi connectivity index (χ3v) is 2.57. The molecule has 0 aliphatic heterocycles. The zero-order valence-electron chi connectivity index (χ0n) is 10.2. The van der Waals surface area contributed by atoms with Gasteiger partial charge in [-0.3, -0.25) is 4.79 Å². The highest BCUT2D eigenvalue weighted by Gasteiger charge is 2.14. The highest BCUT2D eigenvalue weighted by Crippen LogP contribution is 2.24. The molecule has 0 atom stereocenters. The summed E-state index contributed by atoms with van der Waals surface area (Å²) in [7, 11) is 1.45. The molecule has 0 saturated carbocycles. The van der Waals surface area contributed by atoms with Gasteiger partial charge in [0.15, 0.2) is 0 Å². The van der Waals surface area contributed by atoms with Gasteiger partial charge >= 0.3 is 0 Å². The fourth-order valence-corrected chi connectivity index (χ4v) is 1.58. The van der Waals surface area contributed by atoms with Gasteiger partial charge in [0.2, 0.25) is 0 Å². The van der Waals surface area contributed by atoms with Crippen molar-refractivity contribution in [3.05, 3.63) is 53.8 Å². The number of aromatic hydroxyl groups is 1. The molecule has 0 unspecified atom stereocenters. The van der Waals surface area contributed by atoms with Gasteiger partial charge in [0, 0.05) is 0 Å². The van der Waals surface area contributed by atoms with Crippen molar-refractivity contribution in [1.29, 1.82) is 0 Å². The van der Waals surface area contributed by atoms with E-state index in [0.29, 0.717) is 5.75 Å². The van der Waals surface area contributed by atoms with Gasteiger partial charge in [-0.25, -0.2) is 4.39 Å². The van der Waals surface area contributed by atoms with Gasteiger partial charge in [0.25, 0.3) is 5.91 Å². The summed E-state index contributed by atoms with van der Waals surface area (Å²) in [5.41, 5.74) is 0.0670. The van der Waals surface area contributed by atoms with Crippen LogP contribution in [0.1, 0.15) is 10.4 Å². The van der Waals surface area contributed by atoms with Crippen molar-refractivity contribution >= 4 is 11.6 Å². The van der Waals surface area contributed by atoms with Crippen molar-refractivity contribution in [2.24, 2.45) is 0 Å². The molecule has 0 aliphatic rings. The van der Waals surface area contributed by atoms with E-state index >= 15 is 0 Å². The summed E-state index contributed by atoms with van der Waals surface area (Å²) in [5.74, 6) is -0.925. The molecule has 2 N–H and O–H groups in total. The SMILES string of the molecule is COc1ccc(O)c(C(=O)Nc2ccccc2F)c1. The van der Waals surface area contributed by atoms with Crippen LogP contribution in [0.3, 0.4) is 0 Å². The molecule has 0 spiro atoms. The molecule has 19 heavy (non-hydrogen) atoms. The zero-order chi connectivity index (χ0) is 13.8. The largest absolute Gasteiger partial charge is 0.507 e. The van der Waals surface area contributed by atoms with E-state index in [1.807, 2.05) is 0 Å². The average Bonchev–Trinajstić information content (AvgIpc) is 2.42. The third-order valence-electron chi connectivity index (χ3n) is 2.57. The van der Waals surface area contributed by atoms with Gasteiger partial charge in [0.1, 0.15) is 17.3 Å². The smallest absolute Gasteiger partial charge is 0.259 e. The minimum absolute atomic E-state index is 0.0163. The van der Waals surface area contributed by atoms with E-state index in [9.17, 15) is 14.3 Å². The number of phenols is 1. The maximum Gasteiger partial charge on any atom is 0.259 e. The van der Waals surface area contributed by atoms with Crippen LogP contribution in [0.2, 0.25) is 0 Å². The summed E-state index contributed by atoms with van der Waals surface area (Å²) in [6.07, 6.45) is 0. The van der Waals surface area contributed by atoms with E-state index in [0.717, 1.165) is 0 Å². The van der Waals surface area contributed by atoms with Gasteiger partial charge in [0.05, 0.1) is 18.4 Å². The van der Waals surface area contributed by atoms with Crippen LogP contribution in [0.15, 0.2) is 42.5 Å². The first kappa shape index (κ1) is 12.9. The number of rotatable bonds is 3. The topological polar surface area (TPSA) is 58.6 Å². The molecular formula is C14H12FNO3. The normalized spacial score (nSPS) is 10.0. The first-order chi connectivity index (χ1) is 9.11. The molecule has 0 aromatic heterocycles. The lowest BCUT2D eigenvalue weighted by Gasteiger charge is -2.09. The summed E-state index contributed by atoms with van der Waals surface area (Å²) >= 11 is 0. The fraction of sp³-hybridized carbons (Fsp3) is 0.0714. The van der Waals surface area contributed by atoms with Gasteiger partial charge in [-0.05, 0) is 30.3 Å². The van der Waals surface area contributed by atoms with Crippen LogP contribution >= 0.6 is 0 Å². The average molecular weight is 261 g/mol. The number of anilines is 1. The van der Waals surface area contributed by atoms with Crippen LogP contribution in [-0.2, 0) is 0 Å². The molecule has 0 heterocycles. The van der Waals surface area contributed by atoms with Crippen molar-refractivity contribution in [3.8, 4) is 11.5 Å². The van der Waals surface area contributed by atoms with Gasteiger partial charge < -0.3 is 15.2 Å². The Morgan fingerprint density at radius 2 is 2.00 bits per heavy atom. The number of phenolic OH excluding ortho intramolecular Hbond substituents is 1. The number of halogens is 1. The lowest BCUT2D eigenvalue weighted by Crippen LogP contribution is -2.13. The Labute approximate surface area is 109 Å². The standard InChI is InChI=1S/C14H12FNO3/c1-19-9-6-7-13(17)10(8-9)14(18)16-12-5-3-2-4-11(12)15/h2-8,17H,1H3,(H,16,18). The second-order valence-corrected chi connectivity index (χ2v) is 3.82. The summed E-state index contributed by atoms with van der Waals surface area (Å²) in [6.45, 7) is 0. The number of hydrogen-bond donors (Lipinski definition) is 2. The number of ether oxygens (including phenoxy) is 1. The Balaban J connectivity index is 2.28. The molecule has 2 aromatic rings. The number of benzene rings is 2. The van der Waals surface area contributed by atoms with Crippen molar-refractivity contribution in [2.75, 3.05) is 12.4 Å². The minimum Gasteiger partial charge on any atom is -0.507 e. The molecule has 0 bridgehead atoms. The number of carbonyl (C=O) groups is 1. The zero-order valence-corrected chi connectivity index (χ0v) is 10.2. The molecule has 1 amide bonds. The van der Waals surface area contributed by atoms with Crippen LogP contribution in [-0.4, -0.2) is 18.1 Å². The van der Waals surface area contributed by atoms with E-state index in [1.165, 1.54) is 43.5 Å². The van der Waals surface area contributed by atoms with Crippen LogP contribution in [0, 0.1) is 5.82 Å². The van der Waals surface area contributed by atoms with Crippen molar-refractivity contribution in [1.82, 2.24) is 0 Å². The summed E-state index contributed by atoms with van der Waals surface area (Å²) < 4.78 is 18.4. The minimum atomic E-state index is -0.610. The van der Waals surface area contributed by atoms with E-state index in [1.54, 1.807) is 6.07 Å². The second-order valence-electron chi connectivity index (χ2n) is 3.82. The third kappa shape index (κ3) is 2.82. The lowest BCUT2D eigenvalue weighted by atomic mass is 10.1. The maximum atomic E-state index is 13.4. The van der Waals surface area contributed by atoms with Crippen LogP contribution in [0.5, 0.6) is 11.5 Å². The summed E-state index contributed by atoms with van der Waals surface area (Å²) in [5, 5.41) is 12.0. The highest BCUT2D eigenvalue weighted by molar-refractivity contribution is 6.06. The molecule has 0 aliphatic carbocycles. The first-order valence-electron chi connectivity index (χ1n) is 5.54. The van der Waals surface area contributed by atoms with E-state index in [-0.39, 0.29) is 17.0 Å². The predicted molar refractivity (Wildman–Crippen MR) is 69.0 cm³/mol. The van der Waals surface area contributed by atoms with Crippen molar-refractivity contribution < 1.29 is 19.0 Å². The molecule has 0 radical (unpaired) electrons. The van der Waals surface area contributed by atoms with Crippen LogP contribution in [0.4, 0.5) is 10.1 Å². The number of para-hydroxylation sites is 1. The summed E-state index contributed by atoms with van der Waals surface area (Å²) in [4.78, 5) is 12.0. The Morgan fingerprint density at radius 3 is 2.68 bits per heavy atom. The number of hydrogen-bond acceptors (Lipinski definition) is 3. The molecule has 0 saturated heterocycles. The lowest BCUT2D eigenvalue weighted by molar-refractivity contribution is 0.102. The van der Waals surface area contributed by atoms with E-state index in [2.05, 4.69) is 5.32 Å². The Bertz CT molecular complexity index is 613. The second kappa shape index (κ2) is 5.39. The number of carbonyl (C=O) groups excluding carboxylic acids is 1. The van der Waals surface area contributed by atoms with E-state index in [4.69, 9.17) is 4.74 Å². The Hall–Kier alpha value is -2.56. The fourth-order valence-electron chi connectivity index (χ4n) is 1.58. The molecule has 98 valence electrons. The van der Waals surface area contributed by atoms with Gasteiger partial charge in [-0.15, -0.1) is 0 Å². The van der Waals surface area contributed by atoms with Crippen molar-refractivity contribution in [3.63, 3.8) is 0 Å². The number of nitrogens with one attached hydrogen (secondary N) is 1. The molecule has 5 heteroatoms. The van der Waals surface area contributed by atoms with Gasteiger partial charge in [-0.1, -0.05) is 12.1 Å². The Morgan fingerprint density at radius 1 is 1.26 bits per heavy atom. The van der Waals surface area contributed by atoms with Gasteiger partial charge in [-0.2, -0.15) is 0 Å². The molecule has 4 nitrogen and oxygen atoms in total. The maximum absolute atomic E-state index is 13.4. The van der Waals surface area contributed by atoms with Crippen LogP contribution < -0.4 is 10.1 Å². The Kier molecular flexibility index (Phi) is 3.66. The molecular weight excluding hydrogens is 249 g/mol. The van der Waals surface area contributed by atoms with E-state index < -0.39 is 11.7 Å². The number of methoxy groups -OCH3 is 1. The monoisotopic (exact) mass is 261 g/mol.